The zero-order valence-corrected chi connectivity index (χ0v) is 33.4. The first-order valence-electron chi connectivity index (χ1n) is 19.4. The smallest absolute Gasteiger partial charge is 0.342 e. The molecule has 0 bridgehead atoms. The third kappa shape index (κ3) is 13.6. The van der Waals surface area contributed by atoms with E-state index >= 15 is 0 Å². The van der Waals surface area contributed by atoms with Gasteiger partial charge in [-0.2, -0.15) is 0 Å². The number of aliphatic hydroxyl groups excluding tert-OH is 6. The van der Waals surface area contributed by atoms with Gasteiger partial charge in [0.05, 0.1) is 17.8 Å². The normalized spacial score (nSPS) is 28.2. The molecule has 0 saturated heterocycles. The fourth-order valence-corrected chi connectivity index (χ4v) is 6.02. The summed E-state index contributed by atoms with van der Waals surface area (Å²) in [5, 5.41) is 68.7. The van der Waals surface area contributed by atoms with Crippen LogP contribution in [0.25, 0.3) is 12.2 Å². The summed E-state index contributed by atoms with van der Waals surface area (Å²) in [5.41, 5.74) is 9.13. The van der Waals surface area contributed by atoms with Crippen molar-refractivity contribution in [2.45, 2.75) is 103 Å². The molecule has 2 aliphatic rings. The summed E-state index contributed by atoms with van der Waals surface area (Å²) < 4.78 is 11.0. The lowest BCUT2D eigenvalue weighted by Crippen LogP contribution is -2.32. The van der Waals surface area contributed by atoms with Crippen molar-refractivity contribution in [3.63, 3.8) is 0 Å². The molecule has 4 rings (SSSR count). The number of nitrogen functional groups attached to an aromatic ring is 1. The van der Waals surface area contributed by atoms with E-state index in [1.165, 1.54) is 36.4 Å². The highest BCUT2D eigenvalue weighted by Crippen LogP contribution is 2.29. The van der Waals surface area contributed by atoms with Gasteiger partial charge in [0.2, 0.25) is 0 Å². The van der Waals surface area contributed by atoms with E-state index in [0.29, 0.717) is 36.8 Å². The van der Waals surface area contributed by atoms with Gasteiger partial charge in [0.25, 0.3) is 0 Å². The Hall–Kier alpha value is -4.96. The number of aromatic hydroxyl groups is 1. The van der Waals surface area contributed by atoms with Gasteiger partial charge in [-0.25, -0.2) is 9.59 Å². The zero-order valence-electron chi connectivity index (χ0n) is 33.4. The lowest BCUT2D eigenvalue weighted by molar-refractivity contribution is -0.128. The summed E-state index contributed by atoms with van der Waals surface area (Å²) in [6.45, 7) is 6.92. The Morgan fingerprint density at radius 2 is 1.03 bits per heavy atom. The third-order valence-corrected chi connectivity index (χ3v) is 9.98. The molecule has 0 aliphatic carbocycles. The Morgan fingerprint density at radius 1 is 0.621 bits per heavy atom. The number of carbonyl (C=O) groups is 4. The van der Waals surface area contributed by atoms with Crippen molar-refractivity contribution < 1.29 is 64.4 Å². The second-order valence-electron chi connectivity index (χ2n) is 14.6. The molecule has 2 aliphatic heterocycles. The van der Waals surface area contributed by atoms with Crippen LogP contribution in [0.3, 0.4) is 0 Å². The van der Waals surface area contributed by atoms with E-state index in [9.17, 15) is 44.7 Å². The third-order valence-electron chi connectivity index (χ3n) is 9.98. The van der Waals surface area contributed by atoms with E-state index in [2.05, 4.69) is 0 Å². The highest BCUT2D eigenvalue weighted by atomic mass is 16.5. The standard InChI is InChI=1S/C22H29NO6.C22H28O7/c1-13-8-9-19(26)21(27)18(25)7-3-6-16-11-15(5-4-10-24)12-17(23)20(16)22(28)29-14(13)2;1-13-8-9-18(25)21(27)17(24)7-3-6-16-11-15(5-4-10-23)12-19(26)20(16)22(28)29-14(13)2/h3,6,8-9,11-14,18,21,24-25,27H,4-5,7,10,23H2,1-2H3;3,6,8-9,11-14,17,21,23-24,26-27H,4-5,7,10H2,1-2H3/b2*6-3+,9-8-/t13-,14+,18+,21+;13-,14+,17+,21+/m11/s1. The molecular formula is C44H57NO13. The molecule has 0 aromatic heterocycles. The maximum Gasteiger partial charge on any atom is 0.342 e. The maximum atomic E-state index is 12.8. The predicted molar refractivity (Wildman–Crippen MR) is 217 cm³/mol. The van der Waals surface area contributed by atoms with Crippen molar-refractivity contribution >= 4 is 41.3 Å². The fraction of sp³-hybridized carbons (Fsp3) is 0.455. The van der Waals surface area contributed by atoms with E-state index in [1.807, 2.05) is 0 Å². The number of esters is 2. The highest BCUT2D eigenvalue weighted by Gasteiger charge is 2.27. The molecule has 14 nitrogen and oxygen atoms in total. The van der Waals surface area contributed by atoms with Crippen LogP contribution in [-0.2, 0) is 31.9 Å². The number of aryl methyl sites for hydroxylation is 2. The number of rotatable bonds is 6. The van der Waals surface area contributed by atoms with Crippen LogP contribution < -0.4 is 5.73 Å². The van der Waals surface area contributed by atoms with Gasteiger partial charge in [-0.05, 0) is 98.9 Å². The zero-order chi connectivity index (χ0) is 43.1. The first kappa shape index (κ1) is 47.4. The van der Waals surface area contributed by atoms with E-state index in [-0.39, 0.29) is 60.5 Å². The molecule has 2 heterocycles. The molecule has 9 N–H and O–H groups in total. The van der Waals surface area contributed by atoms with E-state index < -0.39 is 60.1 Å². The molecule has 0 spiro atoms. The van der Waals surface area contributed by atoms with E-state index in [4.69, 9.17) is 25.4 Å². The number of cyclic esters (lactones) is 2. The van der Waals surface area contributed by atoms with Crippen LogP contribution >= 0.6 is 0 Å². The minimum atomic E-state index is -1.56. The van der Waals surface area contributed by atoms with Crippen molar-refractivity contribution in [1.82, 2.24) is 0 Å². The number of hydrogen-bond donors (Lipinski definition) is 8. The lowest BCUT2D eigenvalue weighted by Gasteiger charge is -2.20. The molecule has 0 saturated carbocycles. The van der Waals surface area contributed by atoms with Crippen molar-refractivity contribution in [1.29, 1.82) is 0 Å². The summed E-state index contributed by atoms with van der Waals surface area (Å²) in [7, 11) is 0. The quantitative estimate of drug-likeness (QED) is 0.154. The number of ketones is 2. The molecule has 58 heavy (non-hydrogen) atoms. The summed E-state index contributed by atoms with van der Waals surface area (Å²) in [6, 6.07) is 6.65. The Kier molecular flexibility index (Phi) is 18.7. The Balaban J connectivity index is 0.000000310. The Morgan fingerprint density at radius 3 is 1.48 bits per heavy atom. The summed E-state index contributed by atoms with van der Waals surface area (Å²) in [4.78, 5) is 49.6. The van der Waals surface area contributed by atoms with Gasteiger partial charge < -0.3 is 51.0 Å². The Labute approximate surface area is 338 Å². The number of nitrogens with two attached hydrogens (primary N) is 1. The second kappa shape index (κ2) is 22.8. The van der Waals surface area contributed by atoms with Gasteiger partial charge in [0.1, 0.15) is 35.7 Å². The monoisotopic (exact) mass is 807 g/mol. The minimum Gasteiger partial charge on any atom is -0.507 e. The number of ether oxygens (including phenoxy) is 2. The molecule has 2 aromatic rings. The number of aliphatic hydroxyl groups is 6. The molecular weight excluding hydrogens is 750 g/mol. The first-order chi connectivity index (χ1) is 27.5. The number of fused-ring (bicyclic) bond motifs is 2. The number of phenolic OH excluding ortho intramolecular Hbond substituents is 1. The molecule has 0 amide bonds. The SMILES string of the molecule is C[C@@H]1/C=C\C(=O)[C@@H](O)[C@@H](O)C/C=C/c2cc(CCCO)cc(N)c2C(=O)O[C@H]1C.C[C@@H]1/C=C\C(=O)[C@@H](O)[C@@H](O)C/C=C/c2cc(CCCO)cc(O)c2C(=O)O[C@H]1C. The average molecular weight is 808 g/mol. The average Bonchev–Trinajstić information content (AvgIpc) is 3.18. The van der Waals surface area contributed by atoms with Gasteiger partial charge in [-0.15, -0.1) is 0 Å². The van der Waals surface area contributed by atoms with Crippen LogP contribution in [0.2, 0.25) is 0 Å². The molecule has 0 unspecified atom stereocenters. The summed E-state index contributed by atoms with van der Waals surface area (Å²) in [5.74, 6) is -3.37. The van der Waals surface area contributed by atoms with Gasteiger partial charge in [-0.1, -0.05) is 62.4 Å². The van der Waals surface area contributed by atoms with E-state index in [0.717, 1.165) is 11.1 Å². The number of hydrogen-bond acceptors (Lipinski definition) is 14. The molecule has 0 fully saturated rings. The van der Waals surface area contributed by atoms with Gasteiger partial charge in [0.15, 0.2) is 11.6 Å². The van der Waals surface area contributed by atoms with Crippen LogP contribution in [0.15, 0.2) is 60.7 Å². The number of benzene rings is 2. The van der Waals surface area contributed by atoms with Gasteiger partial charge in [-0.3, -0.25) is 9.59 Å². The second-order valence-corrected chi connectivity index (χ2v) is 14.6. The minimum absolute atomic E-state index is 0.000187. The number of phenols is 1. The first-order valence-corrected chi connectivity index (χ1v) is 19.4. The van der Waals surface area contributed by atoms with Crippen LogP contribution in [-0.4, -0.2) is 109 Å². The van der Waals surface area contributed by atoms with Crippen molar-refractivity contribution in [3.05, 3.63) is 94.1 Å². The molecule has 14 heteroatoms. The maximum absolute atomic E-state index is 12.8. The van der Waals surface area contributed by atoms with Gasteiger partial charge >= 0.3 is 11.9 Å². The highest BCUT2D eigenvalue weighted by molar-refractivity contribution is 6.00. The predicted octanol–water partition coefficient (Wildman–Crippen LogP) is 3.40. The van der Waals surface area contributed by atoms with Crippen molar-refractivity contribution in [2.75, 3.05) is 18.9 Å². The van der Waals surface area contributed by atoms with Crippen LogP contribution in [0.1, 0.15) is 96.3 Å². The molecule has 0 radical (unpaired) electrons. The van der Waals surface area contributed by atoms with Crippen LogP contribution in [0.4, 0.5) is 5.69 Å². The number of carbonyl (C=O) groups excluding carboxylic acids is 4. The van der Waals surface area contributed by atoms with E-state index in [1.54, 1.807) is 64.1 Å². The largest absolute Gasteiger partial charge is 0.507 e. The molecule has 2 aromatic carbocycles. The summed E-state index contributed by atoms with van der Waals surface area (Å²) >= 11 is 0. The van der Waals surface area contributed by atoms with Crippen LogP contribution in [0.5, 0.6) is 5.75 Å². The van der Waals surface area contributed by atoms with Crippen LogP contribution in [0, 0.1) is 11.8 Å². The van der Waals surface area contributed by atoms with Gasteiger partial charge in [0, 0.05) is 30.7 Å². The lowest BCUT2D eigenvalue weighted by atomic mass is 9.97. The summed E-state index contributed by atoms with van der Waals surface area (Å²) in [6.07, 6.45) is 7.01. The van der Waals surface area contributed by atoms with Crippen molar-refractivity contribution in [2.24, 2.45) is 11.8 Å². The Bertz CT molecular complexity index is 1730. The topological polar surface area (TPSA) is 254 Å². The molecule has 8 atom stereocenters. The van der Waals surface area contributed by atoms with Crippen molar-refractivity contribution in [3.8, 4) is 5.75 Å². The fourth-order valence-electron chi connectivity index (χ4n) is 6.02. The molecule has 316 valence electrons. The number of anilines is 1.